The first-order chi connectivity index (χ1) is 10.1. The summed E-state index contributed by atoms with van der Waals surface area (Å²) in [7, 11) is 1.18. The van der Waals surface area contributed by atoms with Gasteiger partial charge in [0, 0.05) is 5.56 Å². The van der Waals surface area contributed by atoms with E-state index in [2.05, 4.69) is 4.74 Å². The minimum absolute atomic E-state index is 0.331. The zero-order valence-corrected chi connectivity index (χ0v) is 11.4. The lowest BCUT2D eigenvalue weighted by molar-refractivity contribution is -0.135. The summed E-state index contributed by atoms with van der Waals surface area (Å²) in [6.45, 7) is 0. The summed E-state index contributed by atoms with van der Waals surface area (Å²) in [5, 5.41) is 8.38. The molecule has 0 bridgehead atoms. The Hall–Kier alpha value is -2.95. The molecule has 0 fully saturated rings. The molecule has 0 aliphatic carbocycles. The highest BCUT2D eigenvalue weighted by Gasteiger charge is 2.15. The standard InChI is InChI=1S/C9H8O3.C7H6O2/c1-12-9(11)8(10)7-5-3-2-4-6-7;8-7(9)6-4-2-1-3-5-6/h2-6H,1H3;1-5H,(H,8,9). The summed E-state index contributed by atoms with van der Waals surface area (Å²) in [6.07, 6.45) is 0. The van der Waals surface area contributed by atoms with E-state index in [9.17, 15) is 14.4 Å². The van der Waals surface area contributed by atoms with Gasteiger partial charge in [-0.1, -0.05) is 48.5 Å². The first kappa shape index (κ1) is 16.1. The van der Waals surface area contributed by atoms with Gasteiger partial charge in [-0.25, -0.2) is 9.59 Å². The Labute approximate surface area is 121 Å². The van der Waals surface area contributed by atoms with E-state index < -0.39 is 17.7 Å². The van der Waals surface area contributed by atoms with Crippen molar-refractivity contribution in [1.82, 2.24) is 0 Å². The van der Waals surface area contributed by atoms with Crippen molar-refractivity contribution < 1.29 is 24.2 Å². The van der Waals surface area contributed by atoms with E-state index in [0.29, 0.717) is 11.1 Å². The zero-order valence-electron chi connectivity index (χ0n) is 11.4. The summed E-state index contributed by atoms with van der Waals surface area (Å²) >= 11 is 0. The monoisotopic (exact) mass is 286 g/mol. The predicted molar refractivity (Wildman–Crippen MR) is 76.2 cm³/mol. The number of benzene rings is 2. The van der Waals surface area contributed by atoms with Crippen molar-refractivity contribution in [3.05, 3.63) is 71.8 Å². The van der Waals surface area contributed by atoms with Crippen LogP contribution in [0.1, 0.15) is 20.7 Å². The molecule has 0 aliphatic heterocycles. The molecule has 0 saturated carbocycles. The zero-order chi connectivity index (χ0) is 15.7. The number of rotatable bonds is 3. The Bertz CT molecular complexity index is 605. The lowest BCUT2D eigenvalue weighted by atomic mass is 10.1. The number of ketones is 1. The molecule has 2 aromatic carbocycles. The van der Waals surface area contributed by atoms with Gasteiger partial charge in [-0.15, -0.1) is 0 Å². The van der Waals surface area contributed by atoms with Crippen LogP contribution < -0.4 is 0 Å². The molecule has 0 aliphatic rings. The second-order valence-electron chi connectivity index (χ2n) is 3.86. The van der Waals surface area contributed by atoms with Gasteiger partial charge >= 0.3 is 11.9 Å². The van der Waals surface area contributed by atoms with Crippen LogP contribution in [0.4, 0.5) is 0 Å². The van der Waals surface area contributed by atoms with Crippen LogP contribution in [0.5, 0.6) is 0 Å². The maximum absolute atomic E-state index is 11.1. The highest BCUT2D eigenvalue weighted by atomic mass is 16.5. The maximum atomic E-state index is 11.1. The third-order valence-electron chi connectivity index (χ3n) is 2.43. The van der Waals surface area contributed by atoms with Gasteiger partial charge in [0.1, 0.15) is 0 Å². The Kier molecular flexibility index (Phi) is 6.34. The SMILES string of the molecule is COC(=O)C(=O)c1ccccc1.O=C(O)c1ccccc1. The van der Waals surface area contributed by atoms with E-state index >= 15 is 0 Å². The molecule has 0 atom stereocenters. The molecule has 0 saturated heterocycles. The van der Waals surface area contributed by atoms with Gasteiger partial charge in [0.2, 0.25) is 0 Å². The van der Waals surface area contributed by atoms with Gasteiger partial charge in [0.05, 0.1) is 12.7 Å². The summed E-state index contributed by atoms with van der Waals surface area (Å²) in [4.78, 5) is 32.0. The van der Waals surface area contributed by atoms with Crippen molar-refractivity contribution in [2.45, 2.75) is 0 Å². The molecule has 0 heterocycles. The molecule has 0 spiro atoms. The van der Waals surface area contributed by atoms with E-state index in [-0.39, 0.29) is 0 Å². The van der Waals surface area contributed by atoms with Crippen molar-refractivity contribution >= 4 is 17.7 Å². The van der Waals surface area contributed by atoms with Crippen LogP contribution >= 0.6 is 0 Å². The summed E-state index contributed by atoms with van der Waals surface area (Å²) in [5.41, 5.74) is 0.682. The van der Waals surface area contributed by atoms with Crippen molar-refractivity contribution in [2.24, 2.45) is 0 Å². The van der Waals surface area contributed by atoms with Crippen molar-refractivity contribution in [1.29, 1.82) is 0 Å². The van der Waals surface area contributed by atoms with Crippen molar-refractivity contribution in [2.75, 3.05) is 7.11 Å². The first-order valence-corrected chi connectivity index (χ1v) is 6.02. The highest BCUT2D eigenvalue weighted by molar-refractivity contribution is 6.40. The fourth-order valence-corrected chi connectivity index (χ4v) is 1.38. The van der Waals surface area contributed by atoms with E-state index in [1.54, 1.807) is 60.7 Å². The average Bonchev–Trinajstić information content (AvgIpc) is 2.55. The number of carboxylic acid groups (broad SMARTS) is 1. The molecule has 5 heteroatoms. The number of carboxylic acids is 1. The number of esters is 1. The molecular weight excluding hydrogens is 272 g/mol. The molecule has 21 heavy (non-hydrogen) atoms. The number of Topliss-reactive ketones (excluding diaryl/α,β-unsaturated/α-hetero) is 1. The lowest BCUT2D eigenvalue weighted by Crippen LogP contribution is -2.15. The lowest BCUT2D eigenvalue weighted by Gasteiger charge is -1.96. The second-order valence-corrected chi connectivity index (χ2v) is 3.86. The van der Waals surface area contributed by atoms with Gasteiger partial charge in [-0.2, -0.15) is 0 Å². The largest absolute Gasteiger partial charge is 0.478 e. The molecule has 2 rings (SSSR count). The van der Waals surface area contributed by atoms with E-state index in [1.807, 2.05) is 0 Å². The molecule has 0 radical (unpaired) electrons. The smallest absolute Gasteiger partial charge is 0.379 e. The fourth-order valence-electron chi connectivity index (χ4n) is 1.38. The first-order valence-electron chi connectivity index (χ1n) is 6.02. The summed E-state index contributed by atoms with van der Waals surface area (Å²) in [6, 6.07) is 16.6. The van der Waals surface area contributed by atoms with Crippen LogP contribution in [0, 0.1) is 0 Å². The number of hydrogen-bond acceptors (Lipinski definition) is 4. The molecule has 0 amide bonds. The van der Waals surface area contributed by atoms with E-state index in [0.717, 1.165) is 0 Å². The topological polar surface area (TPSA) is 80.7 Å². The number of methoxy groups -OCH3 is 1. The quantitative estimate of drug-likeness (QED) is 0.532. The van der Waals surface area contributed by atoms with Crippen LogP contribution in [0.2, 0.25) is 0 Å². The number of ether oxygens (including phenoxy) is 1. The Morgan fingerprint density at radius 3 is 1.57 bits per heavy atom. The molecule has 2 aromatic rings. The van der Waals surface area contributed by atoms with Gasteiger partial charge in [0.15, 0.2) is 0 Å². The van der Waals surface area contributed by atoms with Crippen LogP contribution in [0.3, 0.4) is 0 Å². The molecule has 0 aromatic heterocycles. The third kappa shape index (κ3) is 5.28. The molecule has 108 valence electrons. The molecular formula is C16H14O5. The van der Waals surface area contributed by atoms with Gasteiger partial charge < -0.3 is 9.84 Å². The number of hydrogen-bond donors (Lipinski definition) is 1. The van der Waals surface area contributed by atoms with Crippen LogP contribution in [0.15, 0.2) is 60.7 Å². The number of carbonyl (C=O) groups excluding carboxylic acids is 2. The van der Waals surface area contributed by atoms with Gasteiger partial charge in [0.25, 0.3) is 5.78 Å². The van der Waals surface area contributed by atoms with Crippen LogP contribution in [0.25, 0.3) is 0 Å². The van der Waals surface area contributed by atoms with Gasteiger partial charge in [-0.3, -0.25) is 4.79 Å². The fraction of sp³-hybridized carbons (Fsp3) is 0.0625. The maximum Gasteiger partial charge on any atom is 0.379 e. The van der Waals surface area contributed by atoms with Crippen LogP contribution in [-0.2, 0) is 9.53 Å². The van der Waals surface area contributed by atoms with Crippen molar-refractivity contribution in [3.8, 4) is 0 Å². The summed E-state index contributed by atoms with van der Waals surface area (Å²) < 4.78 is 4.28. The Morgan fingerprint density at radius 2 is 1.24 bits per heavy atom. The molecule has 1 N–H and O–H groups in total. The Balaban J connectivity index is 0.000000219. The summed E-state index contributed by atoms with van der Waals surface area (Å²) in [5.74, 6) is -2.32. The predicted octanol–water partition coefficient (Wildman–Crippen LogP) is 2.43. The van der Waals surface area contributed by atoms with Gasteiger partial charge in [-0.05, 0) is 12.1 Å². The van der Waals surface area contributed by atoms with Crippen molar-refractivity contribution in [3.63, 3.8) is 0 Å². The highest BCUT2D eigenvalue weighted by Crippen LogP contribution is 2.00. The molecule has 5 nitrogen and oxygen atoms in total. The normalized spacial score (nSPS) is 9.00. The molecule has 0 unspecified atom stereocenters. The average molecular weight is 286 g/mol. The number of aromatic carboxylic acids is 1. The number of carbonyl (C=O) groups is 3. The Morgan fingerprint density at radius 1 is 0.810 bits per heavy atom. The third-order valence-corrected chi connectivity index (χ3v) is 2.43. The minimum atomic E-state index is -0.879. The second kappa shape index (κ2) is 8.27. The van der Waals surface area contributed by atoms with Crippen LogP contribution in [-0.4, -0.2) is 29.9 Å². The van der Waals surface area contributed by atoms with E-state index in [4.69, 9.17) is 5.11 Å². The van der Waals surface area contributed by atoms with E-state index in [1.165, 1.54) is 7.11 Å². The minimum Gasteiger partial charge on any atom is -0.478 e.